The smallest absolute Gasteiger partial charge is 0.315 e. The lowest BCUT2D eigenvalue weighted by Gasteiger charge is -2.35. The van der Waals surface area contributed by atoms with Crippen molar-refractivity contribution in [2.45, 2.75) is 32.6 Å². The van der Waals surface area contributed by atoms with Crippen molar-refractivity contribution in [1.29, 1.82) is 0 Å². The summed E-state index contributed by atoms with van der Waals surface area (Å²) < 4.78 is 5.65. The Bertz CT molecular complexity index is 611. The van der Waals surface area contributed by atoms with Crippen LogP contribution in [0.3, 0.4) is 0 Å². The molecule has 6 nitrogen and oxygen atoms in total. The monoisotopic (exact) mass is 329 g/mol. The Morgan fingerprint density at radius 1 is 1.21 bits per heavy atom. The van der Waals surface area contributed by atoms with E-state index in [2.05, 4.69) is 16.6 Å². The Morgan fingerprint density at radius 2 is 1.83 bits per heavy atom. The van der Waals surface area contributed by atoms with Gasteiger partial charge in [-0.25, -0.2) is 4.79 Å². The summed E-state index contributed by atoms with van der Waals surface area (Å²) in [4.78, 5) is 25.8. The zero-order valence-electron chi connectivity index (χ0n) is 14.0. The number of carbonyl (C=O) groups is 2. The van der Waals surface area contributed by atoms with Crippen LogP contribution in [0.5, 0.6) is 0 Å². The molecule has 3 amide bonds. The van der Waals surface area contributed by atoms with Gasteiger partial charge in [0.05, 0.1) is 18.8 Å². The van der Waals surface area contributed by atoms with E-state index in [-0.39, 0.29) is 30.7 Å². The molecular weight excluding hydrogens is 306 g/mol. The number of rotatable bonds is 4. The molecule has 0 spiro atoms. The van der Waals surface area contributed by atoms with Gasteiger partial charge in [0.15, 0.2) is 0 Å². The summed E-state index contributed by atoms with van der Waals surface area (Å²) in [6, 6.07) is 6.92. The second kappa shape index (κ2) is 8.37. The van der Waals surface area contributed by atoms with Gasteiger partial charge in [-0.1, -0.05) is 18.1 Å². The molecule has 1 aliphatic heterocycles. The lowest BCUT2D eigenvalue weighted by Crippen LogP contribution is -2.48. The van der Waals surface area contributed by atoms with E-state index in [1.807, 2.05) is 30.9 Å². The number of terminal acetylenes is 1. The second-order valence-corrected chi connectivity index (χ2v) is 5.90. The van der Waals surface area contributed by atoms with Crippen molar-refractivity contribution in [2.75, 3.05) is 19.6 Å². The van der Waals surface area contributed by atoms with Crippen molar-refractivity contribution in [3.8, 4) is 12.3 Å². The molecule has 1 heterocycles. The van der Waals surface area contributed by atoms with Gasteiger partial charge in [0.25, 0.3) is 5.91 Å². The predicted molar refractivity (Wildman–Crippen MR) is 91.4 cm³/mol. The molecule has 1 aromatic carbocycles. The van der Waals surface area contributed by atoms with E-state index >= 15 is 0 Å². The average molecular weight is 329 g/mol. The fourth-order valence-corrected chi connectivity index (χ4v) is 2.67. The maximum Gasteiger partial charge on any atom is 0.315 e. The average Bonchev–Trinajstić information content (AvgIpc) is 2.57. The number of amides is 3. The van der Waals surface area contributed by atoms with Crippen molar-refractivity contribution in [3.63, 3.8) is 0 Å². The van der Waals surface area contributed by atoms with Crippen LogP contribution in [-0.2, 0) is 11.3 Å². The quantitative estimate of drug-likeness (QED) is 0.820. The number of morpholine rings is 1. The molecule has 128 valence electrons. The first kappa shape index (κ1) is 17.8. The molecule has 0 saturated carbocycles. The standard InChI is InChI=1S/C18H23N3O3/c1-4-9-19-18(23)20-10-15-5-7-16(8-6-15)17(22)21-11-13(2)24-14(3)12-21/h1,5-8,13-14H,9-12H2,2-3H3,(H2,19,20,23)/t13-,14+. The SMILES string of the molecule is C#CCNC(=O)NCc1ccc(C(=O)N2C[C@@H](C)O[C@@H](C)C2)cc1. The molecule has 1 fully saturated rings. The predicted octanol–water partition coefficient (Wildman–Crippen LogP) is 1.37. The zero-order chi connectivity index (χ0) is 17.5. The van der Waals surface area contributed by atoms with Crippen LogP contribution in [0, 0.1) is 12.3 Å². The van der Waals surface area contributed by atoms with Gasteiger partial charge in [-0.05, 0) is 31.5 Å². The van der Waals surface area contributed by atoms with E-state index in [9.17, 15) is 9.59 Å². The number of benzene rings is 1. The Kier molecular flexibility index (Phi) is 6.21. The summed E-state index contributed by atoms with van der Waals surface area (Å²) in [6.45, 7) is 5.70. The van der Waals surface area contributed by atoms with Crippen molar-refractivity contribution < 1.29 is 14.3 Å². The van der Waals surface area contributed by atoms with Crippen molar-refractivity contribution in [1.82, 2.24) is 15.5 Å². The van der Waals surface area contributed by atoms with Crippen molar-refractivity contribution in [3.05, 3.63) is 35.4 Å². The van der Waals surface area contributed by atoms with Gasteiger partial charge >= 0.3 is 6.03 Å². The van der Waals surface area contributed by atoms with Crippen LogP contribution in [0.25, 0.3) is 0 Å². The van der Waals surface area contributed by atoms with E-state index in [1.165, 1.54) is 0 Å². The van der Waals surface area contributed by atoms with Gasteiger partial charge in [-0.3, -0.25) is 4.79 Å². The maximum absolute atomic E-state index is 12.6. The minimum absolute atomic E-state index is 0.00303. The summed E-state index contributed by atoms with van der Waals surface area (Å²) in [7, 11) is 0. The first-order chi connectivity index (χ1) is 11.5. The minimum Gasteiger partial charge on any atom is -0.372 e. The van der Waals surface area contributed by atoms with Gasteiger partial charge in [-0.15, -0.1) is 6.42 Å². The number of nitrogens with zero attached hydrogens (tertiary/aromatic N) is 1. The lowest BCUT2D eigenvalue weighted by atomic mass is 10.1. The molecule has 2 rings (SSSR count). The molecule has 0 unspecified atom stereocenters. The Labute approximate surface area is 142 Å². The minimum atomic E-state index is -0.315. The Hall–Kier alpha value is -2.52. The summed E-state index contributed by atoms with van der Waals surface area (Å²) in [5.74, 6) is 2.33. The molecule has 1 aromatic rings. The molecule has 0 radical (unpaired) electrons. The van der Waals surface area contributed by atoms with Crippen LogP contribution >= 0.6 is 0 Å². The molecule has 2 N–H and O–H groups in total. The third-order valence-corrected chi connectivity index (χ3v) is 3.71. The highest BCUT2D eigenvalue weighted by Gasteiger charge is 2.26. The van der Waals surface area contributed by atoms with Crippen LogP contribution in [0.1, 0.15) is 29.8 Å². The zero-order valence-corrected chi connectivity index (χ0v) is 14.0. The fourth-order valence-electron chi connectivity index (χ4n) is 2.67. The highest BCUT2D eigenvalue weighted by Crippen LogP contribution is 2.15. The molecule has 1 aliphatic rings. The number of ether oxygens (including phenoxy) is 1. The summed E-state index contributed by atoms with van der Waals surface area (Å²) in [5.41, 5.74) is 1.54. The third kappa shape index (κ3) is 5.00. The largest absolute Gasteiger partial charge is 0.372 e. The number of hydrogen-bond donors (Lipinski definition) is 2. The Balaban J connectivity index is 1.90. The molecule has 1 saturated heterocycles. The van der Waals surface area contributed by atoms with Gasteiger partial charge in [0.2, 0.25) is 0 Å². The molecule has 0 aromatic heterocycles. The summed E-state index contributed by atoms with van der Waals surface area (Å²) in [6.07, 6.45) is 5.16. The molecule has 24 heavy (non-hydrogen) atoms. The highest BCUT2D eigenvalue weighted by molar-refractivity contribution is 5.94. The molecular formula is C18H23N3O3. The van der Waals surface area contributed by atoms with Gasteiger partial charge in [0, 0.05) is 25.2 Å². The summed E-state index contributed by atoms with van der Waals surface area (Å²) in [5, 5.41) is 5.22. The first-order valence-corrected chi connectivity index (χ1v) is 7.98. The normalized spacial score (nSPS) is 20.1. The second-order valence-electron chi connectivity index (χ2n) is 5.90. The summed E-state index contributed by atoms with van der Waals surface area (Å²) >= 11 is 0. The number of nitrogens with one attached hydrogen (secondary N) is 2. The van der Waals surface area contributed by atoms with Crippen molar-refractivity contribution >= 4 is 11.9 Å². The van der Waals surface area contributed by atoms with Crippen LogP contribution < -0.4 is 10.6 Å². The Morgan fingerprint density at radius 3 is 2.42 bits per heavy atom. The van der Waals surface area contributed by atoms with Crippen LogP contribution in [0.2, 0.25) is 0 Å². The van der Waals surface area contributed by atoms with E-state index in [0.29, 0.717) is 25.2 Å². The maximum atomic E-state index is 12.6. The molecule has 0 aliphatic carbocycles. The van der Waals surface area contributed by atoms with Crippen molar-refractivity contribution in [2.24, 2.45) is 0 Å². The molecule has 0 bridgehead atoms. The van der Waals surface area contributed by atoms with E-state index in [1.54, 1.807) is 12.1 Å². The fraction of sp³-hybridized carbons (Fsp3) is 0.444. The van der Waals surface area contributed by atoms with Gasteiger partial charge in [0.1, 0.15) is 0 Å². The topological polar surface area (TPSA) is 70.7 Å². The van der Waals surface area contributed by atoms with Gasteiger partial charge in [-0.2, -0.15) is 0 Å². The molecule has 6 heteroatoms. The van der Waals surface area contributed by atoms with Crippen LogP contribution in [0.15, 0.2) is 24.3 Å². The molecule has 2 atom stereocenters. The van der Waals surface area contributed by atoms with Crippen LogP contribution in [-0.4, -0.2) is 48.7 Å². The number of carbonyl (C=O) groups excluding carboxylic acids is 2. The van der Waals surface area contributed by atoms with E-state index in [4.69, 9.17) is 11.2 Å². The first-order valence-electron chi connectivity index (χ1n) is 7.98. The van der Waals surface area contributed by atoms with Gasteiger partial charge < -0.3 is 20.3 Å². The van der Waals surface area contributed by atoms with Crippen LogP contribution in [0.4, 0.5) is 4.79 Å². The highest BCUT2D eigenvalue weighted by atomic mass is 16.5. The number of urea groups is 1. The third-order valence-electron chi connectivity index (χ3n) is 3.71. The van der Waals surface area contributed by atoms with E-state index < -0.39 is 0 Å². The number of hydrogen-bond acceptors (Lipinski definition) is 3. The lowest BCUT2D eigenvalue weighted by molar-refractivity contribution is -0.0586. The van der Waals surface area contributed by atoms with E-state index in [0.717, 1.165) is 5.56 Å².